The predicted octanol–water partition coefficient (Wildman–Crippen LogP) is 5.42. The minimum atomic E-state index is -0.291. The van der Waals surface area contributed by atoms with E-state index in [0.29, 0.717) is 22.2 Å². The molecule has 2 aromatic rings. The molecule has 122 valence electrons. The summed E-state index contributed by atoms with van der Waals surface area (Å²) in [5, 5.41) is 0.463. The number of halogens is 2. The van der Waals surface area contributed by atoms with Crippen molar-refractivity contribution in [2.75, 3.05) is 7.11 Å². The van der Waals surface area contributed by atoms with Crippen LogP contribution in [0.15, 0.2) is 41.4 Å². The number of hydrogen-bond acceptors (Lipinski definition) is 3. The van der Waals surface area contributed by atoms with Crippen molar-refractivity contribution < 1.29 is 13.9 Å². The van der Waals surface area contributed by atoms with Crippen LogP contribution in [0.1, 0.15) is 25.8 Å². The maximum atomic E-state index is 12.9. The quantitative estimate of drug-likeness (QED) is 0.660. The molecule has 0 saturated carbocycles. The molecule has 0 aliphatic heterocycles. The SMILES string of the molecule is CC[C@@H](C)Oc1c(Cl)cc(C=Nc2ccc(F)cc2)cc1OC. The number of ether oxygens (including phenoxy) is 2. The molecule has 0 unspecified atom stereocenters. The van der Waals surface area contributed by atoms with Crippen molar-refractivity contribution in [2.45, 2.75) is 26.4 Å². The Balaban J connectivity index is 2.26. The second-order valence-electron chi connectivity index (χ2n) is 5.11. The van der Waals surface area contributed by atoms with E-state index in [9.17, 15) is 4.39 Å². The summed E-state index contributed by atoms with van der Waals surface area (Å²) in [7, 11) is 1.57. The van der Waals surface area contributed by atoms with Gasteiger partial charge in [0, 0.05) is 6.21 Å². The van der Waals surface area contributed by atoms with E-state index in [1.807, 2.05) is 13.8 Å². The van der Waals surface area contributed by atoms with E-state index < -0.39 is 0 Å². The van der Waals surface area contributed by atoms with Crippen LogP contribution in [0.5, 0.6) is 11.5 Å². The molecule has 0 fully saturated rings. The van der Waals surface area contributed by atoms with Gasteiger partial charge >= 0.3 is 0 Å². The Morgan fingerprint density at radius 3 is 2.57 bits per heavy atom. The molecule has 0 amide bonds. The third-order valence-corrected chi connectivity index (χ3v) is 3.62. The molecule has 3 nitrogen and oxygen atoms in total. The maximum Gasteiger partial charge on any atom is 0.180 e. The topological polar surface area (TPSA) is 30.8 Å². The number of rotatable bonds is 6. The molecule has 0 aliphatic carbocycles. The van der Waals surface area contributed by atoms with Gasteiger partial charge in [-0.3, -0.25) is 4.99 Å². The summed E-state index contributed by atoms with van der Waals surface area (Å²) in [6.45, 7) is 4.01. The van der Waals surface area contributed by atoms with Gasteiger partial charge in [-0.05, 0) is 55.3 Å². The van der Waals surface area contributed by atoms with Crippen LogP contribution >= 0.6 is 11.6 Å². The average Bonchev–Trinajstić information content (AvgIpc) is 2.56. The highest BCUT2D eigenvalue weighted by Gasteiger charge is 2.13. The van der Waals surface area contributed by atoms with Crippen molar-refractivity contribution in [3.05, 3.63) is 52.8 Å². The molecule has 2 rings (SSSR count). The molecule has 2 aromatic carbocycles. The van der Waals surface area contributed by atoms with Crippen LogP contribution in [0, 0.1) is 5.82 Å². The van der Waals surface area contributed by atoms with E-state index in [-0.39, 0.29) is 11.9 Å². The number of nitrogens with zero attached hydrogens (tertiary/aromatic N) is 1. The fourth-order valence-corrected chi connectivity index (χ4v) is 2.15. The zero-order valence-corrected chi connectivity index (χ0v) is 14.1. The van der Waals surface area contributed by atoms with Gasteiger partial charge in [-0.1, -0.05) is 18.5 Å². The number of hydrogen-bond donors (Lipinski definition) is 0. The van der Waals surface area contributed by atoms with Crippen molar-refractivity contribution in [2.24, 2.45) is 4.99 Å². The molecule has 5 heteroatoms. The van der Waals surface area contributed by atoms with E-state index in [4.69, 9.17) is 21.1 Å². The lowest BCUT2D eigenvalue weighted by Gasteiger charge is -2.17. The third kappa shape index (κ3) is 4.70. The van der Waals surface area contributed by atoms with Gasteiger partial charge < -0.3 is 9.47 Å². The van der Waals surface area contributed by atoms with Gasteiger partial charge in [0.25, 0.3) is 0 Å². The van der Waals surface area contributed by atoms with Gasteiger partial charge in [-0.25, -0.2) is 4.39 Å². The van der Waals surface area contributed by atoms with Gasteiger partial charge in [0.15, 0.2) is 11.5 Å². The Hall–Kier alpha value is -2.07. The molecule has 23 heavy (non-hydrogen) atoms. The molecule has 1 atom stereocenters. The number of aliphatic imine (C=N–C) groups is 1. The Labute approximate surface area is 140 Å². The zero-order chi connectivity index (χ0) is 16.8. The lowest BCUT2D eigenvalue weighted by Crippen LogP contribution is -2.11. The summed E-state index contributed by atoms with van der Waals surface area (Å²) in [6.07, 6.45) is 2.56. The lowest BCUT2D eigenvalue weighted by atomic mass is 10.2. The first kappa shape index (κ1) is 17.3. The molecule has 0 saturated heterocycles. The monoisotopic (exact) mass is 335 g/mol. The Kier molecular flexibility index (Phi) is 5.99. The zero-order valence-electron chi connectivity index (χ0n) is 13.3. The molecular formula is C18H19ClFNO2. The van der Waals surface area contributed by atoms with Crippen LogP contribution in [0.3, 0.4) is 0 Å². The first-order valence-electron chi connectivity index (χ1n) is 7.37. The third-order valence-electron chi connectivity index (χ3n) is 3.34. The van der Waals surface area contributed by atoms with Gasteiger partial charge in [-0.15, -0.1) is 0 Å². The van der Waals surface area contributed by atoms with Crippen molar-refractivity contribution in [3.63, 3.8) is 0 Å². The highest BCUT2D eigenvalue weighted by Crippen LogP contribution is 2.37. The summed E-state index contributed by atoms with van der Waals surface area (Å²) in [4.78, 5) is 4.29. The van der Waals surface area contributed by atoms with Crippen molar-refractivity contribution in [1.29, 1.82) is 0 Å². The summed E-state index contributed by atoms with van der Waals surface area (Å²) >= 11 is 6.30. The standard InChI is InChI=1S/C18H19ClFNO2/c1-4-12(2)23-18-16(19)9-13(10-17(18)22-3)11-21-15-7-5-14(20)6-8-15/h5-12H,4H2,1-3H3/t12-/m1/s1. The normalized spacial score (nSPS) is 12.4. The fraction of sp³-hybridized carbons (Fsp3) is 0.278. The Morgan fingerprint density at radius 2 is 1.96 bits per heavy atom. The molecule has 0 N–H and O–H groups in total. The molecule has 0 heterocycles. The fourth-order valence-electron chi connectivity index (χ4n) is 1.89. The molecule has 0 bridgehead atoms. The van der Waals surface area contributed by atoms with Crippen molar-refractivity contribution in [3.8, 4) is 11.5 Å². The lowest BCUT2D eigenvalue weighted by molar-refractivity contribution is 0.208. The number of methoxy groups -OCH3 is 1. The van der Waals surface area contributed by atoms with Gasteiger partial charge in [0.2, 0.25) is 0 Å². The second kappa shape index (κ2) is 7.97. The second-order valence-corrected chi connectivity index (χ2v) is 5.51. The molecule has 0 aliphatic rings. The van der Waals surface area contributed by atoms with Gasteiger partial charge in [-0.2, -0.15) is 0 Å². The highest BCUT2D eigenvalue weighted by molar-refractivity contribution is 6.32. The highest BCUT2D eigenvalue weighted by atomic mass is 35.5. The van der Waals surface area contributed by atoms with Gasteiger partial charge in [0.05, 0.1) is 23.9 Å². The molecule has 0 spiro atoms. The summed E-state index contributed by atoms with van der Waals surface area (Å²) in [6, 6.07) is 9.49. The molecular weight excluding hydrogens is 317 g/mol. The maximum absolute atomic E-state index is 12.9. The largest absolute Gasteiger partial charge is 0.493 e. The van der Waals surface area contributed by atoms with E-state index >= 15 is 0 Å². The van der Waals surface area contributed by atoms with Crippen LogP contribution < -0.4 is 9.47 Å². The van der Waals surface area contributed by atoms with Crippen LogP contribution in [0.4, 0.5) is 10.1 Å². The molecule has 0 aromatic heterocycles. The average molecular weight is 336 g/mol. The van der Waals surface area contributed by atoms with Crippen molar-refractivity contribution >= 4 is 23.5 Å². The first-order valence-corrected chi connectivity index (χ1v) is 7.75. The van der Waals surface area contributed by atoms with Crippen molar-refractivity contribution in [1.82, 2.24) is 0 Å². The number of benzene rings is 2. The Morgan fingerprint density at radius 1 is 1.26 bits per heavy atom. The van der Waals surface area contributed by atoms with Crippen LogP contribution in [-0.2, 0) is 0 Å². The smallest absolute Gasteiger partial charge is 0.180 e. The van der Waals surface area contributed by atoms with E-state index in [2.05, 4.69) is 4.99 Å². The molecule has 0 radical (unpaired) electrons. The Bertz CT molecular complexity index is 686. The summed E-state index contributed by atoms with van der Waals surface area (Å²) in [5.74, 6) is 0.793. The van der Waals surface area contributed by atoms with E-state index in [0.717, 1.165) is 12.0 Å². The van der Waals surface area contributed by atoms with E-state index in [1.165, 1.54) is 12.1 Å². The summed E-state index contributed by atoms with van der Waals surface area (Å²) in [5.41, 5.74) is 1.43. The summed E-state index contributed by atoms with van der Waals surface area (Å²) < 4.78 is 24.0. The minimum absolute atomic E-state index is 0.0418. The van der Waals surface area contributed by atoms with Crippen LogP contribution in [-0.4, -0.2) is 19.4 Å². The predicted molar refractivity (Wildman–Crippen MR) is 92.0 cm³/mol. The van der Waals surface area contributed by atoms with E-state index in [1.54, 1.807) is 37.6 Å². The first-order chi connectivity index (χ1) is 11.0. The van der Waals surface area contributed by atoms with Gasteiger partial charge in [0.1, 0.15) is 5.82 Å². The van der Waals surface area contributed by atoms with Crippen LogP contribution in [0.25, 0.3) is 0 Å². The minimum Gasteiger partial charge on any atom is -0.493 e. The van der Waals surface area contributed by atoms with Crippen LogP contribution in [0.2, 0.25) is 5.02 Å².